The Kier molecular flexibility index (Phi) is 7.06. The second-order valence-corrected chi connectivity index (χ2v) is 10.1. The van der Waals surface area contributed by atoms with Crippen LogP contribution < -0.4 is 0 Å². The Morgan fingerprint density at radius 1 is 0.759 bits per heavy atom. The molecule has 0 spiro atoms. The molecule has 2 rings (SSSR count). The third-order valence-corrected chi connectivity index (χ3v) is 6.83. The summed E-state index contributed by atoms with van der Waals surface area (Å²) < 4.78 is 30.2. The van der Waals surface area contributed by atoms with E-state index in [0.717, 1.165) is 24.7 Å². The number of carbonyl (C=O) groups is 1. The second kappa shape index (κ2) is 8.37. The van der Waals surface area contributed by atoms with Gasteiger partial charge in [0.15, 0.2) is 0 Å². The van der Waals surface area contributed by atoms with E-state index in [0.29, 0.717) is 11.9 Å². The molecule has 0 bridgehead atoms. The fraction of sp³-hybridized carbons (Fsp3) is 0.857. The molecule has 0 aromatic heterocycles. The quantitative estimate of drug-likeness (QED) is 0.271. The van der Waals surface area contributed by atoms with Crippen LogP contribution in [-0.2, 0) is 28.1 Å². The number of hydrogen-bond acceptors (Lipinski definition) is 6. The molecule has 0 saturated carbocycles. The molecule has 164 valence electrons. The van der Waals surface area contributed by atoms with E-state index in [2.05, 4.69) is 6.92 Å². The predicted molar refractivity (Wildman–Crippen MR) is 115 cm³/mol. The molecule has 0 unspecified atom stereocenters. The number of rotatable bonds is 7. The Labute approximate surface area is 177 Å². The highest BCUT2D eigenvalue weighted by Gasteiger charge is 2.58. The molecule has 2 fully saturated rings. The van der Waals surface area contributed by atoms with E-state index in [4.69, 9.17) is 23.4 Å². The van der Waals surface area contributed by atoms with Crippen LogP contribution >= 0.6 is 0 Å². The second-order valence-electron chi connectivity index (χ2n) is 10.1. The monoisotopic (exact) mass is 408 g/mol. The molecule has 2 heterocycles. The molecule has 29 heavy (non-hydrogen) atoms. The molecule has 0 aromatic rings. The van der Waals surface area contributed by atoms with Gasteiger partial charge in [0.05, 0.1) is 35.0 Å². The minimum absolute atomic E-state index is 0.362. The summed E-state index contributed by atoms with van der Waals surface area (Å²) >= 11 is 0. The van der Waals surface area contributed by atoms with Crippen molar-refractivity contribution in [2.24, 2.45) is 0 Å². The topological polar surface area (TPSA) is 63.2 Å². The van der Waals surface area contributed by atoms with Gasteiger partial charge in [-0.1, -0.05) is 26.2 Å². The van der Waals surface area contributed by atoms with Crippen molar-refractivity contribution >= 4 is 20.2 Å². The SMILES string of the molecule is CCCCCC(B1OC(C)(C)C(C)(C)O1)=C(B1OC(C)(C)C(C)(C)O1)C(=O)OC. The summed E-state index contributed by atoms with van der Waals surface area (Å²) in [5.41, 5.74) is -1.04. The van der Waals surface area contributed by atoms with Crippen molar-refractivity contribution in [3.8, 4) is 0 Å². The first-order valence-electron chi connectivity index (χ1n) is 10.7. The molecular formula is C21H38B2O6. The molecule has 0 aliphatic carbocycles. The Balaban J connectivity index is 2.52. The van der Waals surface area contributed by atoms with E-state index in [1.807, 2.05) is 55.4 Å². The van der Waals surface area contributed by atoms with Crippen LogP contribution in [0, 0.1) is 0 Å². The summed E-state index contributed by atoms with van der Waals surface area (Å²) in [6.45, 7) is 18.0. The van der Waals surface area contributed by atoms with Crippen LogP contribution in [0.25, 0.3) is 0 Å². The molecular weight excluding hydrogens is 370 g/mol. The van der Waals surface area contributed by atoms with Gasteiger partial charge in [-0.2, -0.15) is 0 Å². The lowest BCUT2D eigenvalue weighted by Crippen LogP contribution is -2.41. The maximum atomic E-state index is 12.9. The summed E-state index contributed by atoms with van der Waals surface area (Å²) in [7, 11) is -0.102. The van der Waals surface area contributed by atoms with Crippen molar-refractivity contribution in [3.05, 3.63) is 10.9 Å². The van der Waals surface area contributed by atoms with Gasteiger partial charge >= 0.3 is 20.2 Å². The van der Waals surface area contributed by atoms with Crippen LogP contribution in [0.5, 0.6) is 0 Å². The number of methoxy groups -OCH3 is 1. The van der Waals surface area contributed by atoms with Gasteiger partial charge in [-0.05, 0) is 67.3 Å². The zero-order chi connectivity index (χ0) is 22.3. The number of carbonyl (C=O) groups excluding carboxylic acids is 1. The van der Waals surface area contributed by atoms with Gasteiger partial charge in [-0.15, -0.1) is 0 Å². The number of allylic oxidation sites excluding steroid dienone is 1. The highest BCUT2D eigenvalue weighted by molar-refractivity contribution is 6.67. The molecule has 8 heteroatoms. The van der Waals surface area contributed by atoms with Crippen LogP contribution in [-0.4, -0.2) is 49.7 Å². The molecule has 0 radical (unpaired) electrons. The van der Waals surface area contributed by atoms with Crippen LogP contribution in [0.15, 0.2) is 10.9 Å². The first-order chi connectivity index (χ1) is 13.2. The highest BCUT2D eigenvalue weighted by atomic mass is 16.7. The van der Waals surface area contributed by atoms with E-state index in [1.54, 1.807) is 0 Å². The number of ether oxygens (including phenoxy) is 1. The Hall–Kier alpha value is -0.820. The van der Waals surface area contributed by atoms with E-state index in [9.17, 15) is 4.79 Å². The number of esters is 1. The fourth-order valence-corrected chi connectivity index (χ4v) is 3.38. The minimum Gasteiger partial charge on any atom is -0.466 e. The van der Waals surface area contributed by atoms with Crippen LogP contribution in [0.3, 0.4) is 0 Å². The molecule has 2 saturated heterocycles. The average Bonchev–Trinajstić information content (AvgIpc) is 2.92. The van der Waals surface area contributed by atoms with Gasteiger partial charge in [-0.25, -0.2) is 4.79 Å². The largest absolute Gasteiger partial charge is 0.501 e. The molecule has 0 amide bonds. The fourth-order valence-electron chi connectivity index (χ4n) is 3.38. The lowest BCUT2D eigenvalue weighted by Gasteiger charge is -2.32. The summed E-state index contributed by atoms with van der Waals surface area (Å²) in [6, 6.07) is 0. The van der Waals surface area contributed by atoms with Gasteiger partial charge in [0.2, 0.25) is 0 Å². The molecule has 2 aliphatic heterocycles. The van der Waals surface area contributed by atoms with E-state index in [-0.39, 0.29) is 0 Å². The maximum Gasteiger partial charge on any atom is 0.501 e. The van der Waals surface area contributed by atoms with Crippen molar-refractivity contribution in [1.29, 1.82) is 0 Å². The van der Waals surface area contributed by atoms with Crippen LogP contribution in [0.1, 0.15) is 88.0 Å². The minimum atomic E-state index is -0.830. The molecule has 0 N–H and O–H groups in total. The standard InChI is InChI=1S/C21H38B2O6/c1-11-12-13-14-15(22-26-18(2,3)19(4,5)27-22)16(17(24)25-10)23-28-20(6,7)21(8,9)29-23/h11-14H2,1-10H3. The third-order valence-electron chi connectivity index (χ3n) is 6.83. The predicted octanol–water partition coefficient (Wildman–Crippen LogP) is 4.30. The Morgan fingerprint density at radius 2 is 1.17 bits per heavy atom. The molecule has 0 aromatic carbocycles. The van der Waals surface area contributed by atoms with Crippen molar-refractivity contribution in [1.82, 2.24) is 0 Å². The Bertz CT molecular complexity index is 622. The first kappa shape index (κ1) is 24.4. The third kappa shape index (κ3) is 4.76. The Morgan fingerprint density at radius 3 is 1.55 bits per heavy atom. The zero-order valence-electron chi connectivity index (χ0n) is 19.9. The smallest absolute Gasteiger partial charge is 0.466 e. The molecule has 0 atom stereocenters. The van der Waals surface area contributed by atoms with E-state index < -0.39 is 42.6 Å². The zero-order valence-corrected chi connectivity index (χ0v) is 19.9. The summed E-state index contributed by atoms with van der Waals surface area (Å²) in [5, 5.41) is 0. The van der Waals surface area contributed by atoms with Crippen molar-refractivity contribution in [2.75, 3.05) is 7.11 Å². The lowest BCUT2D eigenvalue weighted by molar-refractivity contribution is -0.135. The summed E-state index contributed by atoms with van der Waals surface area (Å²) in [5.74, 6) is -0.468. The summed E-state index contributed by atoms with van der Waals surface area (Å²) in [4.78, 5) is 12.9. The van der Waals surface area contributed by atoms with Gasteiger partial charge < -0.3 is 23.4 Å². The highest BCUT2D eigenvalue weighted by Crippen LogP contribution is 2.43. The maximum absolute atomic E-state index is 12.9. The van der Waals surface area contributed by atoms with E-state index in [1.165, 1.54) is 7.11 Å². The van der Waals surface area contributed by atoms with Gasteiger partial charge in [0, 0.05) is 0 Å². The van der Waals surface area contributed by atoms with Gasteiger partial charge in [-0.3, -0.25) is 0 Å². The normalized spacial score (nSPS) is 25.2. The number of hydrogen-bond donors (Lipinski definition) is 0. The first-order valence-corrected chi connectivity index (χ1v) is 10.7. The van der Waals surface area contributed by atoms with Crippen LogP contribution in [0.4, 0.5) is 0 Å². The van der Waals surface area contributed by atoms with Crippen molar-refractivity contribution in [3.63, 3.8) is 0 Å². The lowest BCUT2D eigenvalue weighted by atomic mass is 9.63. The molecule has 2 aliphatic rings. The average molecular weight is 408 g/mol. The van der Waals surface area contributed by atoms with Crippen molar-refractivity contribution < 1.29 is 28.1 Å². The van der Waals surface area contributed by atoms with Gasteiger partial charge in [0.25, 0.3) is 0 Å². The number of unbranched alkanes of at least 4 members (excludes halogenated alkanes) is 2. The van der Waals surface area contributed by atoms with Crippen LogP contribution in [0.2, 0.25) is 0 Å². The van der Waals surface area contributed by atoms with Crippen molar-refractivity contribution in [2.45, 2.75) is 110 Å². The van der Waals surface area contributed by atoms with E-state index >= 15 is 0 Å². The summed E-state index contributed by atoms with van der Waals surface area (Å²) in [6.07, 6.45) is 3.68. The van der Waals surface area contributed by atoms with Gasteiger partial charge in [0.1, 0.15) is 0 Å². The molecule has 6 nitrogen and oxygen atoms in total.